The summed E-state index contributed by atoms with van der Waals surface area (Å²) in [5, 5.41) is 18.3. The van der Waals surface area contributed by atoms with E-state index in [0.29, 0.717) is 34.1 Å². The maximum atomic E-state index is 13.4. The van der Waals surface area contributed by atoms with Gasteiger partial charge in [-0.3, -0.25) is 4.79 Å². The van der Waals surface area contributed by atoms with Crippen molar-refractivity contribution in [3.05, 3.63) is 94.5 Å². The molecule has 3 aromatic rings. The Morgan fingerprint density at radius 3 is 2.08 bits per heavy atom. The Balaban J connectivity index is 1.54. The number of carbonyl (C=O) groups is 1. The maximum absolute atomic E-state index is 13.4. The van der Waals surface area contributed by atoms with Crippen LogP contribution in [0.3, 0.4) is 0 Å². The predicted octanol–water partition coefficient (Wildman–Crippen LogP) is 5.85. The van der Waals surface area contributed by atoms with Gasteiger partial charge in [-0.2, -0.15) is 10.5 Å². The van der Waals surface area contributed by atoms with Gasteiger partial charge >= 0.3 is 0 Å². The second kappa shape index (κ2) is 11.9. The molecule has 6 heteroatoms. The molecule has 0 unspecified atom stereocenters. The molecule has 36 heavy (non-hydrogen) atoms. The smallest absolute Gasteiger partial charge is 0.257 e. The van der Waals surface area contributed by atoms with Crippen molar-refractivity contribution >= 4 is 5.91 Å². The number of piperidine rings is 1. The van der Waals surface area contributed by atoms with Crippen LogP contribution in [0.4, 0.5) is 0 Å². The summed E-state index contributed by atoms with van der Waals surface area (Å²) in [7, 11) is 0. The molecule has 1 aliphatic rings. The number of benzene rings is 3. The fourth-order valence-electron chi connectivity index (χ4n) is 4.39. The molecule has 182 valence electrons. The normalized spacial score (nSPS) is 13.5. The van der Waals surface area contributed by atoms with Gasteiger partial charge in [0.2, 0.25) is 0 Å². The van der Waals surface area contributed by atoms with Crippen LogP contribution in [0, 0.1) is 28.6 Å². The van der Waals surface area contributed by atoms with Crippen LogP contribution in [0.2, 0.25) is 0 Å². The van der Waals surface area contributed by atoms with E-state index in [1.807, 2.05) is 29.2 Å². The fraction of sp³-hybridized carbons (Fsp3) is 0.300. The number of nitrogens with zero attached hydrogens (tertiary/aromatic N) is 3. The summed E-state index contributed by atoms with van der Waals surface area (Å²) in [4.78, 5) is 15.3. The molecular formula is C30H29N3O3. The fourth-order valence-corrected chi connectivity index (χ4v) is 4.39. The topological polar surface area (TPSA) is 86.3 Å². The lowest BCUT2D eigenvalue weighted by Crippen LogP contribution is -2.38. The molecule has 0 saturated carbocycles. The average molecular weight is 480 g/mol. The number of hydrogen-bond donors (Lipinski definition) is 0. The maximum Gasteiger partial charge on any atom is 0.257 e. The summed E-state index contributed by atoms with van der Waals surface area (Å²) < 4.78 is 12.1. The van der Waals surface area contributed by atoms with Crippen LogP contribution in [0.1, 0.15) is 58.8 Å². The first-order valence-corrected chi connectivity index (χ1v) is 12.3. The Kier molecular flexibility index (Phi) is 8.21. The molecule has 1 aliphatic heterocycles. The van der Waals surface area contributed by atoms with Gasteiger partial charge < -0.3 is 14.4 Å². The highest BCUT2D eigenvalue weighted by molar-refractivity contribution is 5.97. The molecule has 1 amide bonds. The number of amides is 1. The van der Waals surface area contributed by atoms with E-state index in [2.05, 4.69) is 19.1 Å². The van der Waals surface area contributed by atoms with Gasteiger partial charge in [-0.15, -0.1) is 0 Å². The lowest BCUT2D eigenvalue weighted by Gasteiger charge is -2.32. The molecule has 1 saturated heterocycles. The highest BCUT2D eigenvalue weighted by atomic mass is 16.5. The first-order chi connectivity index (χ1) is 17.6. The van der Waals surface area contributed by atoms with Gasteiger partial charge in [0.05, 0.1) is 28.8 Å². The zero-order valence-corrected chi connectivity index (χ0v) is 20.4. The number of hydrogen-bond acceptors (Lipinski definition) is 5. The van der Waals surface area contributed by atoms with Crippen LogP contribution in [0.25, 0.3) is 0 Å². The first kappa shape index (κ1) is 24.8. The number of ether oxygens (including phenoxy) is 2. The van der Waals surface area contributed by atoms with E-state index in [4.69, 9.17) is 14.7 Å². The Hall–Kier alpha value is -4.29. The summed E-state index contributed by atoms with van der Waals surface area (Å²) >= 11 is 0. The molecule has 1 fully saturated rings. The first-order valence-electron chi connectivity index (χ1n) is 12.3. The van der Waals surface area contributed by atoms with Crippen LogP contribution in [0.5, 0.6) is 11.5 Å². The monoisotopic (exact) mass is 479 g/mol. The van der Waals surface area contributed by atoms with E-state index in [9.17, 15) is 10.1 Å². The van der Waals surface area contributed by atoms with Crippen LogP contribution < -0.4 is 9.47 Å². The van der Waals surface area contributed by atoms with Crippen molar-refractivity contribution in [1.82, 2.24) is 4.90 Å². The van der Waals surface area contributed by atoms with E-state index >= 15 is 0 Å². The minimum Gasteiger partial charge on any atom is -0.489 e. The van der Waals surface area contributed by atoms with Gasteiger partial charge in [0.1, 0.15) is 24.7 Å². The molecule has 0 aromatic heterocycles. The molecular weight excluding hydrogens is 450 g/mol. The quantitative estimate of drug-likeness (QED) is 0.404. The summed E-state index contributed by atoms with van der Waals surface area (Å²) in [6.07, 6.45) is 3.17. The molecule has 6 nitrogen and oxygen atoms in total. The molecule has 1 heterocycles. The van der Waals surface area contributed by atoms with Crippen molar-refractivity contribution in [2.24, 2.45) is 5.92 Å². The van der Waals surface area contributed by atoms with Gasteiger partial charge in [-0.25, -0.2) is 0 Å². The van der Waals surface area contributed by atoms with Crippen LogP contribution in [-0.4, -0.2) is 23.9 Å². The number of carbonyl (C=O) groups excluding carboxylic acids is 1. The Bertz CT molecular complexity index is 1300. The highest BCUT2D eigenvalue weighted by Crippen LogP contribution is 2.30. The summed E-state index contributed by atoms with van der Waals surface area (Å²) in [6.45, 7) is 4.20. The van der Waals surface area contributed by atoms with Gasteiger partial charge in [0.25, 0.3) is 5.91 Å². The zero-order chi connectivity index (χ0) is 25.3. The van der Waals surface area contributed by atoms with E-state index in [1.54, 1.807) is 42.5 Å². The Morgan fingerprint density at radius 1 is 0.889 bits per heavy atom. The van der Waals surface area contributed by atoms with Gasteiger partial charge in [-0.05, 0) is 66.3 Å². The second-order valence-corrected chi connectivity index (χ2v) is 9.00. The van der Waals surface area contributed by atoms with Crippen LogP contribution in [0.15, 0.2) is 66.7 Å². The molecule has 0 spiro atoms. The lowest BCUT2D eigenvalue weighted by molar-refractivity contribution is 0.0684. The van der Waals surface area contributed by atoms with Crippen molar-refractivity contribution in [2.45, 2.75) is 39.4 Å². The predicted molar refractivity (Wildman–Crippen MR) is 136 cm³/mol. The van der Waals surface area contributed by atoms with Crippen LogP contribution in [-0.2, 0) is 13.2 Å². The third-order valence-electron chi connectivity index (χ3n) is 6.57. The standard InChI is InChI=1S/C30H29N3O3/c1-2-22-11-13-33(14-12-22)30(34)28-10-9-27(35-20-25-7-3-5-23(15-25)18-31)17-29(28)36-21-26-8-4-6-24(16-26)19-32/h3-10,15-17,22H,2,11-14,20-21H2,1H3. The highest BCUT2D eigenvalue weighted by Gasteiger charge is 2.25. The van der Waals surface area contributed by atoms with Crippen molar-refractivity contribution in [2.75, 3.05) is 13.1 Å². The molecule has 0 N–H and O–H groups in total. The third-order valence-corrected chi connectivity index (χ3v) is 6.57. The van der Waals surface area contributed by atoms with E-state index in [1.165, 1.54) is 0 Å². The minimum absolute atomic E-state index is 0.0430. The summed E-state index contributed by atoms with van der Waals surface area (Å²) in [5.41, 5.74) is 3.36. The van der Waals surface area contributed by atoms with E-state index < -0.39 is 0 Å². The molecule has 0 atom stereocenters. The van der Waals surface area contributed by atoms with E-state index in [0.717, 1.165) is 43.5 Å². The van der Waals surface area contributed by atoms with Gasteiger partial charge in [-0.1, -0.05) is 37.6 Å². The van der Waals surface area contributed by atoms with E-state index in [-0.39, 0.29) is 19.1 Å². The molecule has 0 aliphatic carbocycles. The molecule has 0 radical (unpaired) electrons. The lowest BCUT2D eigenvalue weighted by atomic mass is 9.94. The average Bonchev–Trinajstić information content (AvgIpc) is 2.95. The van der Waals surface area contributed by atoms with Gasteiger partial charge in [0, 0.05) is 19.2 Å². The number of likely N-dealkylation sites (tertiary alicyclic amines) is 1. The minimum atomic E-state index is -0.0430. The van der Waals surface area contributed by atoms with Crippen molar-refractivity contribution in [1.29, 1.82) is 10.5 Å². The van der Waals surface area contributed by atoms with Crippen molar-refractivity contribution in [3.63, 3.8) is 0 Å². The SMILES string of the molecule is CCC1CCN(C(=O)c2ccc(OCc3cccc(C#N)c3)cc2OCc2cccc(C#N)c2)CC1. The zero-order valence-electron chi connectivity index (χ0n) is 20.4. The number of rotatable bonds is 8. The summed E-state index contributed by atoms with van der Waals surface area (Å²) in [5.74, 6) is 1.65. The Morgan fingerprint density at radius 2 is 1.50 bits per heavy atom. The van der Waals surface area contributed by atoms with Crippen molar-refractivity contribution in [3.8, 4) is 23.6 Å². The molecule has 0 bridgehead atoms. The second-order valence-electron chi connectivity index (χ2n) is 9.00. The largest absolute Gasteiger partial charge is 0.489 e. The number of nitriles is 2. The third kappa shape index (κ3) is 6.23. The van der Waals surface area contributed by atoms with Crippen LogP contribution >= 0.6 is 0 Å². The molecule has 3 aromatic carbocycles. The molecule has 4 rings (SSSR count). The van der Waals surface area contributed by atoms with Gasteiger partial charge in [0.15, 0.2) is 0 Å². The van der Waals surface area contributed by atoms with Crippen molar-refractivity contribution < 1.29 is 14.3 Å². The Labute approximate surface area is 212 Å². The summed E-state index contributed by atoms with van der Waals surface area (Å²) in [6, 6.07) is 24.1.